The summed E-state index contributed by atoms with van der Waals surface area (Å²) in [7, 11) is 1.27. The number of carbonyl (C=O) groups excluding carboxylic acids is 4. The predicted molar refractivity (Wildman–Crippen MR) is 140 cm³/mol. The Hall–Kier alpha value is -4.46. The quantitative estimate of drug-likeness (QED) is 0.281. The fourth-order valence-corrected chi connectivity index (χ4v) is 2.92. The number of hydrogen-bond acceptors (Lipinski definition) is 8. The van der Waals surface area contributed by atoms with E-state index in [0.717, 1.165) is 10.6 Å². The zero-order valence-electron chi connectivity index (χ0n) is 22.6. The van der Waals surface area contributed by atoms with Crippen molar-refractivity contribution in [3.63, 3.8) is 0 Å². The van der Waals surface area contributed by atoms with Gasteiger partial charge >= 0.3 is 24.1 Å². The van der Waals surface area contributed by atoms with Gasteiger partial charge in [-0.1, -0.05) is 44.2 Å². The van der Waals surface area contributed by atoms with Crippen LogP contribution in [-0.4, -0.2) is 54.2 Å². The molecule has 0 fully saturated rings. The lowest BCUT2D eigenvalue weighted by Gasteiger charge is -2.25. The molecular formula is C27H32F3N3O8. The summed E-state index contributed by atoms with van der Waals surface area (Å²) in [5.74, 6) is -4.70. The Labute approximate surface area is 234 Å². The van der Waals surface area contributed by atoms with Crippen molar-refractivity contribution in [3.8, 4) is 0 Å². The largest absolute Gasteiger partial charge is 0.490 e. The molecule has 0 bridgehead atoms. The van der Waals surface area contributed by atoms with E-state index in [1.165, 1.54) is 31.4 Å². The highest BCUT2D eigenvalue weighted by Gasteiger charge is 2.38. The van der Waals surface area contributed by atoms with Crippen molar-refractivity contribution in [2.75, 3.05) is 12.1 Å². The second-order valence-electron chi connectivity index (χ2n) is 8.94. The average Bonchev–Trinajstić information content (AvgIpc) is 2.93. The number of carboxylic acid groups (broad SMARTS) is 1. The van der Waals surface area contributed by atoms with E-state index >= 15 is 0 Å². The zero-order valence-corrected chi connectivity index (χ0v) is 22.6. The number of nitrogens with zero attached hydrogens (tertiary/aromatic N) is 1. The molecule has 2 aromatic rings. The summed E-state index contributed by atoms with van der Waals surface area (Å²) in [5.41, 5.74) is 9.85. The minimum Gasteiger partial charge on any atom is -0.475 e. The molecule has 1 unspecified atom stereocenters. The molecule has 1 atom stereocenters. The summed E-state index contributed by atoms with van der Waals surface area (Å²) in [4.78, 5) is 58.2. The van der Waals surface area contributed by atoms with Gasteiger partial charge in [-0.05, 0) is 42.2 Å². The Bertz CT molecular complexity index is 1170. The molecule has 0 heterocycles. The van der Waals surface area contributed by atoms with E-state index in [-0.39, 0.29) is 31.3 Å². The van der Waals surface area contributed by atoms with Crippen molar-refractivity contribution in [1.82, 2.24) is 5.43 Å². The Balaban J connectivity index is 0.00000106. The molecule has 41 heavy (non-hydrogen) atoms. The molecule has 0 aliphatic carbocycles. The van der Waals surface area contributed by atoms with Crippen molar-refractivity contribution >= 4 is 35.4 Å². The fraction of sp³-hybridized carbons (Fsp3) is 0.370. The lowest BCUT2D eigenvalue weighted by atomic mass is 10.1. The van der Waals surface area contributed by atoms with Gasteiger partial charge in [-0.25, -0.2) is 14.6 Å². The van der Waals surface area contributed by atoms with Crippen LogP contribution < -0.4 is 16.2 Å². The number of nitrogens with two attached hydrogens (primary N) is 1. The third kappa shape index (κ3) is 13.0. The van der Waals surface area contributed by atoms with Crippen LogP contribution in [0.25, 0.3) is 0 Å². The molecule has 4 N–H and O–H groups in total. The number of methoxy groups -OCH3 is 1. The molecule has 0 aliphatic rings. The van der Waals surface area contributed by atoms with E-state index in [2.05, 4.69) is 10.2 Å². The third-order valence-electron chi connectivity index (χ3n) is 5.16. The summed E-state index contributed by atoms with van der Waals surface area (Å²) < 4.78 is 41.6. The van der Waals surface area contributed by atoms with Gasteiger partial charge in [0.25, 0.3) is 5.91 Å². The van der Waals surface area contributed by atoms with E-state index < -0.39 is 36.0 Å². The van der Waals surface area contributed by atoms with Gasteiger partial charge in [-0.3, -0.25) is 19.8 Å². The molecule has 2 amide bonds. The first-order valence-corrected chi connectivity index (χ1v) is 12.2. The summed E-state index contributed by atoms with van der Waals surface area (Å²) in [6, 6.07) is 13.9. The first-order valence-electron chi connectivity index (χ1n) is 12.2. The Morgan fingerprint density at radius 3 is 2.05 bits per heavy atom. The van der Waals surface area contributed by atoms with Crippen LogP contribution in [0.15, 0.2) is 54.6 Å². The van der Waals surface area contributed by atoms with Crippen molar-refractivity contribution in [2.45, 2.75) is 51.9 Å². The number of hydrazine groups is 1. The fourth-order valence-electron chi connectivity index (χ4n) is 2.92. The summed E-state index contributed by atoms with van der Waals surface area (Å²) >= 11 is 0. The van der Waals surface area contributed by atoms with Gasteiger partial charge in [0.15, 0.2) is 0 Å². The van der Waals surface area contributed by atoms with E-state index in [9.17, 15) is 32.3 Å². The van der Waals surface area contributed by atoms with Crippen LogP contribution in [0.3, 0.4) is 0 Å². The molecule has 2 rings (SSSR count). The van der Waals surface area contributed by atoms with Crippen LogP contribution in [0.5, 0.6) is 0 Å². The van der Waals surface area contributed by atoms with Crippen LogP contribution in [0.1, 0.15) is 49.0 Å². The average molecular weight is 584 g/mol. The normalized spacial score (nSPS) is 11.4. The van der Waals surface area contributed by atoms with Crippen LogP contribution in [0.2, 0.25) is 0 Å². The van der Waals surface area contributed by atoms with Crippen LogP contribution in [0, 0.1) is 5.92 Å². The summed E-state index contributed by atoms with van der Waals surface area (Å²) in [6.45, 7) is 4.04. The Kier molecular flexibility index (Phi) is 14.0. The molecule has 0 saturated heterocycles. The lowest BCUT2D eigenvalue weighted by molar-refractivity contribution is -0.192. The molecule has 224 valence electrons. The molecule has 0 saturated carbocycles. The molecule has 2 aromatic carbocycles. The minimum absolute atomic E-state index is 0.0698. The number of carboxylic acids is 1. The number of rotatable bonds is 10. The van der Waals surface area contributed by atoms with E-state index in [4.69, 9.17) is 20.4 Å². The minimum atomic E-state index is -5.08. The van der Waals surface area contributed by atoms with Gasteiger partial charge in [0, 0.05) is 6.42 Å². The highest BCUT2D eigenvalue weighted by atomic mass is 19.4. The van der Waals surface area contributed by atoms with Crippen LogP contribution in [0.4, 0.5) is 18.9 Å². The molecule has 14 heteroatoms. The third-order valence-corrected chi connectivity index (χ3v) is 5.16. The molecular weight excluding hydrogens is 551 g/mol. The number of nitrogens with one attached hydrogen (secondary N) is 1. The van der Waals surface area contributed by atoms with Gasteiger partial charge in [-0.2, -0.15) is 13.2 Å². The number of ether oxygens (including phenoxy) is 2. The summed E-state index contributed by atoms with van der Waals surface area (Å²) in [5, 5.41) is 8.21. The SMILES string of the molecule is COC(=O)c1ccc(N(NC(=O)C(N)CC(=O)OCc2ccccc2)C(=O)CCC(C)C)cc1.O=C(O)C(F)(F)F. The number of aliphatic carboxylic acids is 1. The van der Waals surface area contributed by atoms with E-state index in [1.807, 2.05) is 44.2 Å². The molecule has 0 aromatic heterocycles. The second-order valence-corrected chi connectivity index (χ2v) is 8.94. The number of amides is 2. The Morgan fingerprint density at radius 2 is 1.56 bits per heavy atom. The molecule has 11 nitrogen and oxygen atoms in total. The lowest BCUT2D eigenvalue weighted by Crippen LogP contribution is -2.52. The van der Waals surface area contributed by atoms with Crippen molar-refractivity contribution in [2.24, 2.45) is 11.7 Å². The van der Waals surface area contributed by atoms with Crippen LogP contribution in [-0.2, 0) is 35.3 Å². The molecule has 0 aliphatic heterocycles. The monoisotopic (exact) mass is 583 g/mol. The maximum absolute atomic E-state index is 12.8. The number of benzene rings is 2. The predicted octanol–water partition coefficient (Wildman–Crippen LogP) is 3.37. The number of esters is 2. The van der Waals surface area contributed by atoms with Crippen molar-refractivity contribution in [3.05, 3.63) is 65.7 Å². The maximum Gasteiger partial charge on any atom is 0.490 e. The standard InChI is InChI=1S/C25H31N3O6.C2HF3O2/c1-17(2)9-14-22(29)28(20-12-10-19(11-13-20)25(32)33-3)27-24(31)21(26)15-23(30)34-16-18-7-5-4-6-8-18;3-2(4,5)1(6)7/h4-8,10-13,17,21H,9,14-16,26H2,1-3H3,(H,27,31);(H,6,7). The molecule has 0 spiro atoms. The molecule has 0 radical (unpaired) electrons. The highest BCUT2D eigenvalue weighted by Crippen LogP contribution is 2.17. The number of halogens is 3. The van der Waals surface area contributed by atoms with Gasteiger partial charge in [0.2, 0.25) is 5.91 Å². The van der Waals surface area contributed by atoms with Crippen molar-refractivity contribution < 1.29 is 51.7 Å². The van der Waals surface area contributed by atoms with Gasteiger partial charge in [0.05, 0.1) is 30.8 Å². The van der Waals surface area contributed by atoms with Gasteiger partial charge in [-0.15, -0.1) is 0 Å². The zero-order chi connectivity index (χ0) is 31.2. The summed E-state index contributed by atoms with van der Waals surface area (Å²) in [6.07, 6.45) is -4.64. The van der Waals surface area contributed by atoms with Crippen molar-refractivity contribution in [1.29, 1.82) is 0 Å². The van der Waals surface area contributed by atoms with Gasteiger partial charge in [0.1, 0.15) is 6.61 Å². The highest BCUT2D eigenvalue weighted by molar-refractivity contribution is 5.98. The van der Waals surface area contributed by atoms with Crippen LogP contribution >= 0.6 is 0 Å². The Morgan fingerprint density at radius 1 is 1.00 bits per heavy atom. The second kappa shape index (κ2) is 16.6. The van der Waals surface area contributed by atoms with E-state index in [1.54, 1.807) is 0 Å². The number of carbonyl (C=O) groups is 5. The number of hydrogen-bond donors (Lipinski definition) is 3. The topological polar surface area (TPSA) is 165 Å². The van der Waals surface area contributed by atoms with E-state index in [0.29, 0.717) is 17.7 Å². The first kappa shape index (κ1) is 34.6. The van der Waals surface area contributed by atoms with Gasteiger partial charge < -0.3 is 20.3 Å². The smallest absolute Gasteiger partial charge is 0.475 e. The number of alkyl halides is 3. The first-order chi connectivity index (χ1) is 19.1. The maximum atomic E-state index is 12.8. The number of anilines is 1.